The van der Waals surface area contributed by atoms with E-state index in [1.807, 2.05) is 29.1 Å². The quantitative estimate of drug-likeness (QED) is 0.593. The van der Waals surface area contributed by atoms with Gasteiger partial charge >= 0.3 is 0 Å². The summed E-state index contributed by atoms with van der Waals surface area (Å²) in [5.41, 5.74) is 9.90. The molecule has 2 atom stereocenters. The van der Waals surface area contributed by atoms with Gasteiger partial charge in [-0.3, -0.25) is 0 Å². The number of piperidine rings is 1. The zero-order chi connectivity index (χ0) is 19.8. The van der Waals surface area contributed by atoms with Crippen LogP contribution in [0.4, 0.5) is 0 Å². The van der Waals surface area contributed by atoms with E-state index in [2.05, 4.69) is 29.6 Å². The smallest absolute Gasteiger partial charge is 0.130 e. The molecular weight excluding hydrogens is 360 g/mol. The van der Waals surface area contributed by atoms with Crippen LogP contribution in [0.1, 0.15) is 55.9 Å². The normalized spacial score (nSPS) is 24.2. The van der Waals surface area contributed by atoms with Crippen LogP contribution in [0.5, 0.6) is 0 Å². The molecule has 1 saturated heterocycles. The highest BCUT2D eigenvalue weighted by atomic mass is 16.3. The molecule has 1 aromatic heterocycles. The van der Waals surface area contributed by atoms with Gasteiger partial charge in [0.15, 0.2) is 0 Å². The van der Waals surface area contributed by atoms with E-state index in [1.165, 1.54) is 44.1 Å². The zero-order valence-electron chi connectivity index (χ0n) is 16.8. The topological polar surface area (TPSA) is 76.1 Å². The van der Waals surface area contributed by atoms with Gasteiger partial charge < -0.3 is 16.2 Å². The SMILES string of the molecule is NC(O)c1cccc2cn(-c3ccc([C@@]4(C5CCCC5)CCCNC4)cc3)nc12. The fourth-order valence-electron chi connectivity index (χ4n) is 5.62. The van der Waals surface area contributed by atoms with Crippen molar-refractivity contribution in [1.82, 2.24) is 15.1 Å². The van der Waals surface area contributed by atoms with E-state index in [4.69, 9.17) is 10.8 Å². The van der Waals surface area contributed by atoms with Gasteiger partial charge in [0.25, 0.3) is 0 Å². The molecule has 2 heterocycles. The van der Waals surface area contributed by atoms with E-state index in [0.717, 1.165) is 35.6 Å². The van der Waals surface area contributed by atoms with Crippen LogP contribution in [-0.2, 0) is 5.41 Å². The van der Waals surface area contributed by atoms with Gasteiger partial charge in [0.1, 0.15) is 6.23 Å². The predicted octanol–water partition coefficient (Wildman–Crippen LogP) is 3.79. The molecule has 0 bridgehead atoms. The lowest BCUT2D eigenvalue weighted by Crippen LogP contribution is -2.47. The van der Waals surface area contributed by atoms with E-state index < -0.39 is 6.23 Å². The Morgan fingerprint density at radius 2 is 1.90 bits per heavy atom. The number of hydrogen-bond donors (Lipinski definition) is 3. The van der Waals surface area contributed by atoms with Crippen LogP contribution in [0.15, 0.2) is 48.7 Å². The lowest BCUT2D eigenvalue weighted by atomic mass is 9.65. The molecule has 29 heavy (non-hydrogen) atoms. The summed E-state index contributed by atoms with van der Waals surface area (Å²) in [6.07, 6.45) is 9.00. The van der Waals surface area contributed by atoms with Gasteiger partial charge in [-0.1, -0.05) is 43.2 Å². The second-order valence-electron chi connectivity index (χ2n) is 8.77. The van der Waals surface area contributed by atoms with Crippen molar-refractivity contribution in [3.8, 4) is 5.69 Å². The Kier molecular flexibility index (Phi) is 4.90. The number of hydrogen-bond acceptors (Lipinski definition) is 4. The lowest BCUT2D eigenvalue weighted by molar-refractivity contribution is 0.187. The highest BCUT2D eigenvalue weighted by molar-refractivity contribution is 5.82. The van der Waals surface area contributed by atoms with Crippen LogP contribution in [0.3, 0.4) is 0 Å². The number of aromatic nitrogens is 2. The summed E-state index contributed by atoms with van der Waals surface area (Å²) in [4.78, 5) is 0. The number of nitrogens with two attached hydrogens (primary N) is 1. The summed E-state index contributed by atoms with van der Waals surface area (Å²) in [6.45, 7) is 2.24. The maximum absolute atomic E-state index is 9.84. The van der Waals surface area contributed by atoms with Gasteiger partial charge in [0.2, 0.25) is 0 Å². The Morgan fingerprint density at radius 1 is 1.10 bits per heavy atom. The molecule has 1 aliphatic carbocycles. The van der Waals surface area contributed by atoms with Crippen LogP contribution in [0.25, 0.3) is 16.6 Å². The maximum Gasteiger partial charge on any atom is 0.130 e. The number of rotatable bonds is 4. The van der Waals surface area contributed by atoms with Crippen molar-refractivity contribution in [2.24, 2.45) is 11.7 Å². The lowest BCUT2D eigenvalue weighted by Gasteiger charge is -2.43. The summed E-state index contributed by atoms with van der Waals surface area (Å²) in [5, 5.41) is 19.2. The number of aliphatic hydroxyl groups is 1. The van der Waals surface area contributed by atoms with Crippen molar-refractivity contribution in [3.05, 3.63) is 59.8 Å². The molecule has 5 nitrogen and oxygen atoms in total. The molecule has 0 spiro atoms. The largest absolute Gasteiger partial charge is 0.374 e. The molecular formula is C24H30N4O. The van der Waals surface area contributed by atoms with Crippen molar-refractivity contribution >= 4 is 10.9 Å². The highest BCUT2D eigenvalue weighted by Crippen LogP contribution is 2.46. The fourth-order valence-corrected chi connectivity index (χ4v) is 5.62. The summed E-state index contributed by atoms with van der Waals surface area (Å²) in [6, 6.07) is 14.7. The van der Waals surface area contributed by atoms with Crippen molar-refractivity contribution in [2.75, 3.05) is 13.1 Å². The number of benzene rings is 2. The molecule has 2 fully saturated rings. The number of fused-ring (bicyclic) bond motifs is 1. The first-order valence-corrected chi connectivity index (χ1v) is 10.9. The van der Waals surface area contributed by atoms with Gasteiger partial charge in [0, 0.05) is 29.1 Å². The Morgan fingerprint density at radius 3 is 2.59 bits per heavy atom. The number of nitrogens with one attached hydrogen (secondary N) is 1. The number of nitrogens with zero attached hydrogens (tertiary/aromatic N) is 2. The Balaban J connectivity index is 1.50. The Labute approximate surface area is 171 Å². The fraction of sp³-hybridized carbons (Fsp3) is 0.458. The minimum absolute atomic E-state index is 0.277. The highest BCUT2D eigenvalue weighted by Gasteiger charge is 2.42. The molecule has 1 saturated carbocycles. The minimum Gasteiger partial charge on any atom is -0.374 e. The summed E-state index contributed by atoms with van der Waals surface area (Å²) in [7, 11) is 0. The van der Waals surface area contributed by atoms with Crippen LogP contribution in [0.2, 0.25) is 0 Å². The average molecular weight is 391 g/mol. The van der Waals surface area contributed by atoms with Crippen LogP contribution in [-0.4, -0.2) is 28.0 Å². The van der Waals surface area contributed by atoms with Gasteiger partial charge in [-0.05, 0) is 55.8 Å². The second-order valence-corrected chi connectivity index (χ2v) is 8.77. The van der Waals surface area contributed by atoms with Crippen molar-refractivity contribution in [1.29, 1.82) is 0 Å². The molecule has 3 aromatic rings. The van der Waals surface area contributed by atoms with Crippen molar-refractivity contribution < 1.29 is 5.11 Å². The second kappa shape index (κ2) is 7.56. The molecule has 1 aliphatic heterocycles. The number of aliphatic hydroxyl groups excluding tert-OH is 1. The third kappa shape index (κ3) is 3.27. The Hall–Kier alpha value is -2.21. The van der Waals surface area contributed by atoms with Crippen LogP contribution < -0.4 is 11.1 Å². The first-order valence-electron chi connectivity index (χ1n) is 10.9. The Bertz CT molecular complexity index is 980. The van der Waals surface area contributed by atoms with Gasteiger partial charge in [-0.2, -0.15) is 5.10 Å². The van der Waals surface area contributed by atoms with E-state index in [0.29, 0.717) is 5.56 Å². The van der Waals surface area contributed by atoms with Crippen molar-refractivity contribution in [2.45, 2.75) is 50.2 Å². The molecule has 4 N–H and O–H groups in total. The van der Waals surface area contributed by atoms with E-state index in [1.54, 1.807) is 0 Å². The molecule has 152 valence electrons. The molecule has 2 aromatic carbocycles. The van der Waals surface area contributed by atoms with E-state index >= 15 is 0 Å². The molecule has 2 aliphatic rings. The first kappa shape index (κ1) is 18.8. The molecule has 0 amide bonds. The van der Waals surface area contributed by atoms with Crippen LogP contribution in [0, 0.1) is 5.92 Å². The molecule has 5 heteroatoms. The first-order chi connectivity index (χ1) is 14.2. The standard InChI is InChI=1S/C24H30N4O/c25-23(29)21-8-3-5-17-15-28(27-22(17)21)20-11-9-19(10-12-20)24(13-4-14-26-16-24)18-6-1-2-7-18/h3,5,8-12,15,18,23,26,29H,1-2,4,6-7,13-14,16,25H2/t23?,24-/m0/s1. The molecule has 0 radical (unpaired) electrons. The maximum atomic E-state index is 9.84. The van der Waals surface area contributed by atoms with Gasteiger partial charge in [0.05, 0.1) is 11.2 Å². The van der Waals surface area contributed by atoms with E-state index in [9.17, 15) is 5.11 Å². The third-order valence-corrected chi connectivity index (χ3v) is 7.15. The summed E-state index contributed by atoms with van der Waals surface area (Å²) >= 11 is 0. The van der Waals surface area contributed by atoms with Crippen molar-refractivity contribution in [3.63, 3.8) is 0 Å². The molecule has 1 unspecified atom stereocenters. The summed E-state index contributed by atoms with van der Waals surface area (Å²) in [5.74, 6) is 0.794. The zero-order valence-corrected chi connectivity index (χ0v) is 16.8. The average Bonchev–Trinajstić information content (AvgIpc) is 3.44. The van der Waals surface area contributed by atoms with Gasteiger partial charge in [-0.25, -0.2) is 4.68 Å². The van der Waals surface area contributed by atoms with E-state index in [-0.39, 0.29) is 5.41 Å². The minimum atomic E-state index is -1.02. The van der Waals surface area contributed by atoms with Crippen LogP contribution >= 0.6 is 0 Å². The van der Waals surface area contributed by atoms with Gasteiger partial charge in [-0.15, -0.1) is 0 Å². The monoisotopic (exact) mass is 390 g/mol. The third-order valence-electron chi connectivity index (χ3n) is 7.15. The molecule has 5 rings (SSSR count). The summed E-state index contributed by atoms with van der Waals surface area (Å²) < 4.78 is 1.89. The predicted molar refractivity (Wildman–Crippen MR) is 116 cm³/mol.